The van der Waals surface area contributed by atoms with Gasteiger partial charge in [-0.25, -0.2) is 9.97 Å². The molecule has 23 heavy (non-hydrogen) atoms. The first-order valence-electron chi connectivity index (χ1n) is 7.13. The monoisotopic (exact) mass is 344 g/mol. The number of hydrogen-bond acceptors (Lipinski definition) is 6. The normalized spacial score (nSPS) is 10.7. The zero-order chi connectivity index (χ0) is 16.1. The number of thiazole rings is 2. The minimum absolute atomic E-state index is 0.0484. The number of nitrogens with zero attached hydrogens (tertiary/aromatic N) is 2. The summed E-state index contributed by atoms with van der Waals surface area (Å²) >= 11 is 3.06. The van der Waals surface area contributed by atoms with Crippen molar-refractivity contribution in [1.29, 1.82) is 0 Å². The van der Waals surface area contributed by atoms with Crippen LogP contribution in [0, 0.1) is 0 Å². The molecule has 0 saturated carbocycles. The van der Waals surface area contributed by atoms with Crippen molar-refractivity contribution in [3.8, 4) is 10.6 Å². The number of carbonyl (C=O) groups excluding carboxylic acids is 1. The first-order valence-corrected chi connectivity index (χ1v) is 8.89. The van der Waals surface area contributed by atoms with E-state index in [9.17, 15) is 4.79 Å². The molecule has 0 unspecified atom stereocenters. The number of amides is 1. The summed E-state index contributed by atoms with van der Waals surface area (Å²) in [6.07, 6.45) is 2.01. The zero-order valence-electron chi connectivity index (χ0n) is 12.4. The van der Waals surface area contributed by atoms with Crippen LogP contribution in [0.15, 0.2) is 41.2 Å². The molecule has 0 radical (unpaired) electrons. The standard InChI is InChI=1S/C16H16N4OS2/c17-8-11-2-1-3-12(6-11)16-20-13(10-23-16)7-14(21)19-9-15-18-4-5-22-15/h1-6,10H,7-9,17H2,(H,19,21). The third-order valence-corrected chi connectivity index (χ3v) is 4.94. The molecule has 0 spiro atoms. The van der Waals surface area contributed by atoms with E-state index in [1.807, 2.05) is 35.0 Å². The second-order valence-corrected chi connectivity index (χ2v) is 6.77. The fourth-order valence-electron chi connectivity index (χ4n) is 2.09. The van der Waals surface area contributed by atoms with Crippen LogP contribution in [0.2, 0.25) is 0 Å². The van der Waals surface area contributed by atoms with Crippen LogP contribution >= 0.6 is 22.7 Å². The average molecular weight is 344 g/mol. The molecule has 1 aromatic carbocycles. The van der Waals surface area contributed by atoms with Gasteiger partial charge in [-0.05, 0) is 11.6 Å². The molecule has 0 saturated heterocycles. The predicted octanol–water partition coefficient (Wildman–Crippen LogP) is 2.58. The van der Waals surface area contributed by atoms with Gasteiger partial charge in [-0.15, -0.1) is 22.7 Å². The topological polar surface area (TPSA) is 80.9 Å². The van der Waals surface area contributed by atoms with E-state index in [0.717, 1.165) is 26.8 Å². The first kappa shape index (κ1) is 15.8. The Hall–Kier alpha value is -2.09. The van der Waals surface area contributed by atoms with Crippen molar-refractivity contribution in [1.82, 2.24) is 15.3 Å². The molecular formula is C16H16N4OS2. The van der Waals surface area contributed by atoms with Crippen LogP contribution in [0.1, 0.15) is 16.3 Å². The largest absolute Gasteiger partial charge is 0.349 e. The molecule has 3 aromatic rings. The number of carbonyl (C=O) groups is 1. The predicted molar refractivity (Wildman–Crippen MR) is 93.1 cm³/mol. The van der Waals surface area contributed by atoms with Crippen molar-refractivity contribution in [3.63, 3.8) is 0 Å². The summed E-state index contributed by atoms with van der Waals surface area (Å²) in [5, 5.41) is 8.48. The Balaban J connectivity index is 1.61. The van der Waals surface area contributed by atoms with Crippen molar-refractivity contribution in [2.24, 2.45) is 5.73 Å². The van der Waals surface area contributed by atoms with Gasteiger partial charge in [0.15, 0.2) is 0 Å². The summed E-state index contributed by atoms with van der Waals surface area (Å²) in [4.78, 5) is 20.6. The number of rotatable bonds is 6. The fourth-order valence-corrected chi connectivity index (χ4v) is 3.47. The highest BCUT2D eigenvalue weighted by atomic mass is 32.1. The molecule has 0 aliphatic heterocycles. The second-order valence-electron chi connectivity index (χ2n) is 4.93. The Morgan fingerprint density at radius 2 is 2.22 bits per heavy atom. The second kappa shape index (κ2) is 7.45. The molecule has 118 valence electrons. The van der Waals surface area contributed by atoms with Crippen molar-refractivity contribution < 1.29 is 4.79 Å². The molecule has 3 rings (SSSR count). The molecule has 3 N–H and O–H groups in total. The maximum Gasteiger partial charge on any atom is 0.226 e. The molecule has 0 aliphatic carbocycles. The maximum absolute atomic E-state index is 12.0. The average Bonchev–Trinajstić information content (AvgIpc) is 3.25. The lowest BCUT2D eigenvalue weighted by Gasteiger charge is -2.01. The van der Waals surface area contributed by atoms with Gasteiger partial charge in [-0.1, -0.05) is 18.2 Å². The molecule has 0 bridgehead atoms. The smallest absolute Gasteiger partial charge is 0.226 e. The maximum atomic E-state index is 12.0. The van der Waals surface area contributed by atoms with Crippen LogP contribution in [0.5, 0.6) is 0 Å². The van der Waals surface area contributed by atoms with Crippen LogP contribution in [0.25, 0.3) is 10.6 Å². The van der Waals surface area contributed by atoms with Crippen molar-refractivity contribution in [2.45, 2.75) is 19.5 Å². The van der Waals surface area contributed by atoms with E-state index in [-0.39, 0.29) is 12.3 Å². The molecule has 5 nitrogen and oxygen atoms in total. The SMILES string of the molecule is NCc1cccc(-c2nc(CC(=O)NCc3nccs3)cs2)c1. The van der Waals surface area contributed by atoms with Gasteiger partial charge in [0.05, 0.1) is 18.7 Å². The number of aromatic nitrogens is 2. The van der Waals surface area contributed by atoms with E-state index in [1.165, 1.54) is 22.7 Å². The lowest BCUT2D eigenvalue weighted by Crippen LogP contribution is -2.24. The molecule has 0 aliphatic rings. The van der Waals surface area contributed by atoms with Crippen LogP contribution in [-0.2, 0) is 24.3 Å². The minimum Gasteiger partial charge on any atom is -0.349 e. The summed E-state index contributed by atoms with van der Waals surface area (Å²) < 4.78 is 0. The lowest BCUT2D eigenvalue weighted by molar-refractivity contribution is -0.120. The summed E-state index contributed by atoms with van der Waals surface area (Å²) in [6.45, 7) is 0.970. The molecule has 2 aromatic heterocycles. The molecule has 2 heterocycles. The molecular weight excluding hydrogens is 328 g/mol. The Kier molecular flexibility index (Phi) is 5.12. The number of nitrogens with two attached hydrogens (primary N) is 1. The highest BCUT2D eigenvalue weighted by Crippen LogP contribution is 2.24. The summed E-state index contributed by atoms with van der Waals surface area (Å²) in [5.41, 5.74) is 8.55. The van der Waals surface area contributed by atoms with E-state index in [4.69, 9.17) is 5.73 Å². The van der Waals surface area contributed by atoms with E-state index in [2.05, 4.69) is 15.3 Å². The Morgan fingerprint density at radius 3 is 3.00 bits per heavy atom. The Bertz CT molecular complexity index is 783. The van der Waals surface area contributed by atoms with Gasteiger partial charge >= 0.3 is 0 Å². The molecule has 0 fully saturated rings. The van der Waals surface area contributed by atoms with Gasteiger partial charge in [0.25, 0.3) is 0 Å². The van der Waals surface area contributed by atoms with E-state index < -0.39 is 0 Å². The van der Waals surface area contributed by atoms with Crippen LogP contribution in [-0.4, -0.2) is 15.9 Å². The number of benzene rings is 1. The third kappa shape index (κ3) is 4.22. The third-order valence-electron chi connectivity index (χ3n) is 3.22. The van der Waals surface area contributed by atoms with E-state index >= 15 is 0 Å². The Labute approximate surface area is 142 Å². The van der Waals surface area contributed by atoms with Crippen LogP contribution < -0.4 is 11.1 Å². The van der Waals surface area contributed by atoms with Crippen LogP contribution in [0.4, 0.5) is 0 Å². The van der Waals surface area contributed by atoms with Crippen molar-refractivity contribution in [2.75, 3.05) is 0 Å². The lowest BCUT2D eigenvalue weighted by atomic mass is 10.1. The summed E-state index contributed by atoms with van der Waals surface area (Å²) in [6, 6.07) is 8.00. The van der Waals surface area contributed by atoms with E-state index in [0.29, 0.717) is 13.1 Å². The summed E-state index contributed by atoms with van der Waals surface area (Å²) in [7, 11) is 0. The quantitative estimate of drug-likeness (QED) is 0.720. The number of nitrogens with one attached hydrogen (secondary N) is 1. The first-order chi connectivity index (χ1) is 11.2. The minimum atomic E-state index is -0.0484. The van der Waals surface area contributed by atoms with Crippen molar-refractivity contribution >= 4 is 28.6 Å². The van der Waals surface area contributed by atoms with Gasteiger partial charge in [0.2, 0.25) is 5.91 Å². The molecule has 7 heteroatoms. The van der Waals surface area contributed by atoms with Gasteiger partial charge < -0.3 is 11.1 Å². The summed E-state index contributed by atoms with van der Waals surface area (Å²) in [5.74, 6) is -0.0484. The van der Waals surface area contributed by atoms with Crippen molar-refractivity contribution in [3.05, 3.63) is 57.5 Å². The fraction of sp³-hybridized carbons (Fsp3) is 0.188. The van der Waals surface area contributed by atoms with Gasteiger partial charge in [0.1, 0.15) is 10.0 Å². The Morgan fingerprint density at radius 1 is 1.30 bits per heavy atom. The molecule has 1 amide bonds. The van der Waals surface area contributed by atoms with Crippen LogP contribution in [0.3, 0.4) is 0 Å². The molecule has 0 atom stereocenters. The van der Waals surface area contributed by atoms with Gasteiger partial charge in [-0.3, -0.25) is 4.79 Å². The van der Waals surface area contributed by atoms with Gasteiger partial charge in [0, 0.05) is 29.1 Å². The van der Waals surface area contributed by atoms with Gasteiger partial charge in [-0.2, -0.15) is 0 Å². The number of hydrogen-bond donors (Lipinski definition) is 2. The highest BCUT2D eigenvalue weighted by Gasteiger charge is 2.09. The van der Waals surface area contributed by atoms with E-state index in [1.54, 1.807) is 6.20 Å². The highest BCUT2D eigenvalue weighted by molar-refractivity contribution is 7.13. The zero-order valence-corrected chi connectivity index (χ0v) is 14.0.